The molecule has 0 aliphatic heterocycles. The van der Waals surface area contributed by atoms with E-state index >= 15 is 0 Å². The first-order valence-electron chi connectivity index (χ1n) is 7.94. The third-order valence-electron chi connectivity index (χ3n) is 3.65. The van der Waals surface area contributed by atoms with E-state index in [9.17, 15) is 22.8 Å². The number of carbonyl (C=O) groups is 2. The summed E-state index contributed by atoms with van der Waals surface area (Å²) in [5, 5.41) is 10.7. The van der Waals surface area contributed by atoms with Crippen molar-refractivity contribution in [1.82, 2.24) is 20.1 Å². The smallest absolute Gasteiger partial charge is 0.358 e. The third kappa shape index (κ3) is 4.55. The molecule has 0 fully saturated rings. The lowest BCUT2D eigenvalue weighted by Crippen LogP contribution is -2.23. The number of thiazole rings is 1. The number of amides is 2. The number of nitrogens with zero attached hydrogens (tertiary/aromatic N) is 3. The number of nitrogens with one attached hydrogen (secondary N) is 2. The van der Waals surface area contributed by atoms with Crippen LogP contribution in [0.2, 0.25) is 0 Å². The lowest BCUT2D eigenvalue weighted by Gasteiger charge is -2.07. The van der Waals surface area contributed by atoms with E-state index in [0.717, 1.165) is 23.5 Å². The number of anilines is 1. The molecule has 0 aliphatic carbocycles. The van der Waals surface area contributed by atoms with Crippen molar-refractivity contribution >= 4 is 28.8 Å². The van der Waals surface area contributed by atoms with E-state index in [2.05, 4.69) is 20.7 Å². The zero-order chi connectivity index (χ0) is 20.3. The summed E-state index contributed by atoms with van der Waals surface area (Å²) in [4.78, 5) is 27.7. The molecule has 0 radical (unpaired) electrons. The van der Waals surface area contributed by atoms with Gasteiger partial charge in [-0.3, -0.25) is 14.3 Å². The van der Waals surface area contributed by atoms with Gasteiger partial charge in [0.15, 0.2) is 0 Å². The van der Waals surface area contributed by atoms with Crippen molar-refractivity contribution < 1.29 is 22.8 Å². The van der Waals surface area contributed by atoms with Crippen molar-refractivity contribution in [3.8, 4) is 10.6 Å². The van der Waals surface area contributed by atoms with Gasteiger partial charge in [0.2, 0.25) is 5.91 Å². The Morgan fingerprint density at radius 1 is 1.29 bits per heavy atom. The van der Waals surface area contributed by atoms with Crippen molar-refractivity contribution in [2.45, 2.75) is 12.7 Å². The molecule has 11 heteroatoms. The van der Waals surface area contributed by atoms with Gasteiger partial charge in [-0.05, 0) is 12.1 Å². The fraction of sp³-hybridized carbons (Fsp3) is 0.176. The molecular formula is C17H14F3N5O2S. The summed E-state index contributed by atoms with van der Waals surface area (Å²) in [5.41, 5.74) is -0.0778. The van der Waals surface area contributed by atoms with Gasteiger partial charge in [-0.2, -0.15) is 18.3 Å². The minimum Gasteiger partial charge on any atom is -0.358 e. The Balaban J connectivity index is 1.72. The molecule has 0 atom stereocenters. The summed E-state index contributed by atoms with van der Waals surface area (Å²) in [6, 6.07) is 4.75. The van der Waals surface area contributed by atoms with Gasteiger partial charge < -0.3 is 10.6 Å². The van der Waals surface area contributed by atoms with Gasteiger partial charge in [-0.15, -0.1) is 11.3 Å². The number of rotatable bonds is 5. The third-order valence-corrected chi connectivity index (χ3v) is 4.54. The highest BCUT2D eigenvalue weighted by Crippen LogP contribution is 2.33. The second-order valence-corrected chi connectivity index (χ2v) is 6.53. The van der Waals surface area contributed by atoms with Crippen LogP contribution in [0.15, 0.2) is 42.0 Å². The Labute approximate surface area is 161 Å². The molecular weight excluding hydrogens is 395 g/mol. The SMILES string of the molecule is CNC(=O)Cn1cc(NC(=O)c2csc(-c3cccc(C(F)(F)F)c3)n2)cn1. The summed E-state index contributed by atoms with van der Waals surface area (Å²) >= 11 is 1.06. The van der Waals surface area contributed by atoms with Gasteiger partial charge in [-0.1, -0.05) is 12.1 Å². The number of carbonyl (C=O) groups excluding carboxylic acids is 2. The number of hydrogen-bond donors (Lipinski definition) is 2. The summed E-state index contributed by atoms with van der Waals surface area (Å²) in [6.45, 7) is 0.00274. The lowest BCUT2D eigenvalue weighted by atomic mass is 10.1. The largest absolute Gasteiger partial charge is 0.416 e. The maximum atomic E-state index is 12.8. The standard InChI is InChI=1S/C17H14F3N5O2S/c1-21-14(26)8-25-7-12(6-22-25)23-15(27)13-9-28-16(24-13)10-3-2-4-11(5-10)17(18,19)20/h2-7,9H,8H2,1H3,(H,21,26)(H,23,27). The van der Waals surface area contributed by atoms with Crippen LogP contribution < -0.4 is 10.6 Å². The molecule has 28 heavy (non-hydrogen) atoms. The summed E-state index contributed by atoms with van der Waals surface area (Å²) in [6.07, 6.45) is -1.60. The minimum atomic E-state index is -4.46. The molecule has 0 spiro atoms. The van der Waals surface area contributed by atoms with E-state index in [4.69, 9.17) is 0 Å². The van der Waals surface area contributed by atoms with Crippen LogP contribution in [0.25, 0.3) is 10.6 Å². The van der Waals surface area contributed by atoms with Crippen LogP contribution >= 0.6 is 11.3 Å². The Kier molecular flexibility index (Phi) is 5.45. The van der Waals surface area contributed by atoms with Crippen LogP contribution in [-0.2, 0) is 17.5 Å². The minimum absolute atomic E-state index is 0.00274. The van der Waals surface area contributed by atoms with E-state index < -0.39 is 17.6 Å². The zero-order valence-corrected chi connectivity index (χ0v) is 15.3. The topological polar surface area (TPSA) is 88.9 Å². The van der Waals surface area contributed by atoms with Crippen molar-refractivity contribution in [1.29, 1.82) is 0 Å². The normalized spacial score (nSPS) is 11.3. The van der Waals surface area contributed by atoms with E-state index in [0.29, 0.717) is 10.7 Å². The Bertz CT molecular complexity index is 1010. The van der Waals surface area contributed by atoms with E-state index in [1.165, 1.54) is 41.6 Å². The van der Waals surface area contributed by atoms with E-state index in [1.807, 2.05) is 0 Å². The molecule has 2 aromatic heterocycles. The van der Waals surface area contributed by atoms with Crippen LogP contribution in [0.3, 0.4) is 0 Å². The predicted octanol–water partition coefficient (Wildman–Crippen LogP) is 3.02. The highest BCUT2D eigenvalue weighted by atomic mass is 32.1. The van der Waals surface area contributed by atoms with Gasteiger partial charge in [0, 0.05) is 24.2 Å². The average molecular weight is 409 g/mol. The average Bonchev–Trinajstić information content (AvgIpc) is 3.31. The first-order chi connectivity index (χ1) is 13.3. The molecule has 3 rings (SSSR count). The molecule has 7 nitrogen and oxygen atoms in total. The van der Waals surface area contributed by atoms with Crippen molar-refractivity contribution in [3.63, 3.8) is 0 Å². The Morgan fingerprint density at radius 2 is 2.07 bits per heavy atom. The highest BCUT2D eigenvalue weighted by Gasteiger charge is 2.30. The molecule has 146 valence electrons. The van der Waals surface area contributed by atoms with Crippen molar-refractivity contribution in [3.05, 3.63) is 53.3 Å². The van der Waals surface area contributed by atoms with Gasteiger partial charge in [0.1, 0.15) is 17.2 Å². The van der Waals surface area contributed by atoms with Crippen LogP contribution in [0, 0.1) is 0 Å². The maximum absolute atomic E-state index is 12.8. The molecule has 1 aromatic carbocycles. The maximum Gasteiger partial charge on any atom is 0.416 e. The zero-order valence-electron chi connectivity index (χ0n) is 14.4. The van der Waals surface area contributed by atoms with Crippen molar-refractivity contribution in [2.24, 2.45) is 0 Å². The van der Waals surface area contributed by atoms with Crippen LogP contribution in [0.1, 0.15) is 16.1 Å². The first-order valence-corrected chi connectivity index (χ1v) is 8.82. The number of likely N-dealkylation sites (N-methyl/N-ethyl adjacent to an activating group) is 1. The molecule has 0 bridgehead atoms. The van der Waals surface area contributed by atoms with Crippen molar-refractivity contribution in [2.75, 3.05) is 12.4 Å². The van der Waals surface area contributed by atoms with Gasteiger partial charge in [-0.25, -0.2) is 4.98 Å². The quantitative estimate of drug-likeness (QED) is 0.678. The van der Waals surface area contributed by atoms with E-state index in [-0.39, 0.29) is 23.7 Å². The first kappa shape index (κ1) is 19.5. The van der Waals surface area contributed by atoms with Gasteiger partial charge in [0.25, 0.3) is 5.91 Å². The molecule has 0 saturated heterocycles. The molecule has 0 saturated carbocycles. The molecule has 2 N–H and O–H groups in total. The Morgan fingerprint density at radius 3 is 2.79 bits per heavy atom. The molecule has 0 aliphatic rings. The van der Waals surface area contributed by atoms with Gasteiger partial charge >= 0.3 is 6.18 Å². The summed E-state index contributed by atoms with van der Waals surface area (Å²) in [7, 11) is 1.50. The fourth-order valence-corrected chi connectivity index (χ4v) is 3.07. The van der Waals surface area contributed by atoms with Crippen LogP contribution in [0.4, 0.5) is 18.9 Å². The predicted molar refractivity (Wildman–Crippen MR) is 96.8 cm³/mol. The lowest BCUT2D eigenvalue weighted by molar-refractivity contribution is -0.137. The molecule has 3 aromatic rings. The van der Waals surface area contributed by atoms with Crippen LogP contribution in [0.5, 0.6) is 0 Å². The Hall–Kier alpha value is -3.21. The number of halogens is 3. The van der Waals surface area contributed by atoms with Crippen LogP contribution in [-0.4, -0.2) is 33.6 Å². The fourth-order valence-electron chi connectivity index (χ4n) is 2.28. The summed E-state index contributed by atoms with van der Waals surface area (Å²) in [5.74, 6) is -0.778. The van der Waals surface area contributed by atoms with Gasteiger partial charge in [0.05, 0.1) is 17.4 Å². The molecule has 2 amide bonds. The monoisotopic (exact) mass is 409 g/mol. The second-order valence-electron chi connectivity index (χ2n) is 5.67. The number of aromatic nitrogens is 3. The number of benzene rings is 1. The highest BCUT2D eigenvalue weighted by molar-refractivity contribution is 7.13. The molecule has 0 unspecified atom stereocenters. The number of alkyl halides is 3. The van der Waals surface area contributed by atoms with E-state index in [1.54, 1.807) is 0 Å². The molecule has 2 heterocycles. The second kappa shape index (κ2) is 7.80. The summed E-state index contributed by atoms with van der Waals surface area (Å²) < 4.78 is 39.9. The number of hydrogen-bond acceptors (Lipinski definition) is 5.